The first-order valence-corrected chi connectivity index (χ1v) is 3.62. The van der Waals surface area contributed by atoms with E-state index in [0.717, 1.165) is 4.73 Å². The molecule has 0 aliphatic carbocycles. The molecule has 0 N–H and O–H groups in total. The van der Waals surface area contributed by atoms with Gasteiger partial charge in [-0.25, -0.2) is 0 Å². The average molecular weight is 151 g/mol. The van der Waals surface area contributed by atoms with Crippen LogP contribution in [-0.2, 0) is 4.74 Å². The normalized spacial score (nSPS) is 28.5. The van der Waals surface area contributed by atoms with E-state index < -0.39 is 0 Å². The minimum atomic E-state index is 0.0219. The van der Waals surface area contributed by atoms with Crippen LogP contribution >= 0.6 is 0 Å². The molecule has 11 heavy (non-hydrogen) atoms. The van der Waals surface area contributed by atoms with Crippen molar-refractivity contribution in [2.45, 2.75) is 19.1 Å². The second-order valence-electron chi connectivity index (χ2n) is 2.71. The van der Waals surface area contributed by atoms with Gasteiger partial charge in [-0.15, -0.1) is 0 Å². The maximum absolute atomic E-state index is 11.1. The molecule has 2 atom stereocenters. The summed E-state index contributed by atoms with van der Waals surface area (Å²) in [4.78, 5) is 0. The molecule has 1 saturated heterocycles. The molecule has 0 amide bonds. The van der Waals surface area contributed by atoms with Crippen molar-refractivity contribution in [3.8, 4) is 0 Å². The smallest absolute Gasteiger partial charge is 0.224 e. The van der Waals surface area contributed by atoms with Crippen LogP contribution in [0, 0.1) is 5.21 Å². The van der Waals surface area contributed by atoms with E-state index in [1.54, 1.807) is 12.1 Å². The monoisotopic (exact) mass is 151 g/mol. The third-order valence-electron chi connectivity index (χ3n) is 1.86. The van der Waals surface area contributed by atoms with E-state index >= 15 is 0 Å². The Bertz CT molecular complexity index is 275. The number of rotatable bonds is 1. The van der Waals surface area contributed by atoms with E-state index in [2.05, 4.69) is 0 Å². The van der Waals surface area contributed by atoms with Crippen LogP contribution in [0.25, 0.3) is 0 Å². The summed E-state index contributed by atoms with van der Waals surface area (Å²) in [7, 11) is 0. The predicted octanol–water partition coefficient (Wildman–Crippen LogP) is 0.780. The molecule has 0 saturated carbocycles. The van der Waals surface area contributed by atoms with Crippen molar-refractivity contribution in [1.29, 1.82) is 0 Å². The van der Waals surface area contributed by atoms with E-state index in [1.807, 2.05) is 13.0 Å². The summed E-state index contributed by atoms with van der Waals surface area (Å²) in [5, 5.41) is 11.1. The van der Waals surface area contributed by atoms with Crippen LogP contribution in [0.1, 0.15) is 18.7 Å². The quantitative estimate of drug-likeness (QED) is 0.338. The van der Waals surface area contributed by atoms with Crippen molar-refractivity contribution in [2.75, 3.05) is 0 Å². The number of epoxide rings is 1. The molecule has 1 aromatic heterocycles. The van der Waals surface area contributed by atoms with Gasteiger partial charge in [-0.05, 0) is 13.0 Å². The summed E-state index contributed by atoms with van der Waals surface area (Å²) in [5.74, 6) is 0. The fourth-order valence-electron chi connectivity index (χ4n) is 1.16. The third kappa shape index (κ3) is 1.07. The SMILES string of the molecule is C[C@@H]1O[C@H]1c1cccc[n+]1[O-]. The molecule has 1 aliphatic heterocycles. The molecule has 0 radical (unpaired) electrons. The summed E-state index contributed by atoms with van der Waals surface area (Å²) >= 11 is 0. The van der Waals surface area contributed by atoms with Gasteiger partial charge in [0, 0.05) is 12.1 Å². The van der Waals surface area contributed by atoms with Crippen LogP contribution in [-0.4, -0.2) is 6.10 Å². The van der Waals surface area contributed by atoms with Crippen LogP contribution in [0.5, 0.6) is 0 Å². The third-order valence-corrected chi connectivity index (χ3v) is 1.86. The Hall–Kier alpha value is -1.09. The maximum atomic E-state index is 11.1. The zero-order chi connectivity index (χ0) is 7.84. The molecular weight excluding hydrogens is 142 g/mol. The Balaban J connectivity index is 2.31. The van der Waals surface area contributed by atoms with Gasteiger partial charge >= 0.3 is 0 Å². The second-order valence-corrected chi connectivity index (χ2v) is 2.71. The molecule has 1 fully saturated rings. The largest absolute Gasteiger partial charge is 0.618 e. The Morgan fingerprint density at radius 2 is 2.27 bits per heavy atom. The summed E-state index contributed by atoms with van der Waals surface area (Å²) in [6.07, 6.45) is 1.72. The first-order valence-electron chi connectivity index (χ1n) is 3.62. The van der Waals surface area contributed by atoms with Gasteiger partial charge in [0.25, 0.3) is 0 Å². The summed E-state index contributed by atoms with van der Waals surface area (Å²) in [6, 6.07) is 5.35. The van der Waals surface area contributed by atoms with Crippen molar-refractivity contribution in [3.63, 3.8) is 0 Å². The number of hydrogen-bond acceptors (Lipinski definition) is 2. The van der Waals surface area contributed by atoms with Crippen LogP contribution in [0.2, 0.25) is 0 Å². The Morgan fingerprint density at radius 1 is 1.55 bits per heavy atom. The number of ether oxygens (including phenoxy) is 1. The standard InChI is InChI=1S/C8H9NO2/c1-6-8(11-6)7-4-2-3-5-9(7)10/h2-6,8H,1H3/t6-,8+/m0/s1. The molecule has 0 spiro atoms. The van der Waals surface area contributed by atoms with Crippen molar-refractivity contribution < 1.29 is 9.47 Å². The van der Waals surface area contributed by atoms with Gasteiger partial charge in [-0.3, -0.25) is 0 Å². The fraction of sp³-hybridized carbons (Fsp3) is 0.375. The van der Waals surface area contributed by atoms with Crippen molar-refractivity contribution in [2.24, 2.45) is 0 Å². The van der Waals surface area contributed by atoms with Gasteiger partial charge in [0.05, 0.1) is 6.10 Å². The zero-order valence-electron chi connectivity index (χ0n) is 6.23. The molecular formula is C8H9NO2. The van der Waals surface area contributed by atoms with E-state index in [9.17, 15) is 5.21 Å². The second kappa shape index (κ2) is 2.20. The lowest BCUT2D eigenvalue weighted by Gasteiger charge is -1.98. The lowest BCUT2D eigenvalue weighted by atomic mass is 10.2. The molecule has 2 heterocycles. The topological polar surface area (TPSA) is 39.5 Å². The highest BCUT2D eigenvalue weighted by atomic mass is 16.6. The predicted molar refractivity (Wildman–Crippen MR) is 38.7 cm³/mol. The van der Waals surface area contributed by atoms with Crippen LogP contribution < -0.4 is 4.73 Å². The highest BCUT2D eigenvalue weighted by Gasteiger charge is 2.41. The molecule has 0 bridgehead atoms. The molecule has 58 valence electrons. The number of hydrogen-bond donors (Lipinski definition) is 0. The summed E-state index contributed by atoms with van der Waals surface area (Å²) in [6.45, 7) is 1.96. The fourth-order valence-corrected chi connectivity index (χ4v) is 1.16. The minimum absolute atomic E-state index is 0.0219. The molecule has 0 unspecified atom stereocenters. The van der Waals surface area contributed by atoms with E-state index in [0.29, 0.717) is 5.69 Å². The zero-order valence-corrected chi connectivity index (χ0v) is 6.23. The van der Waals surface area contributed by atoms with Crippen LogP contribution in [0.3, 0.4) is 0 Å². The van der Waals surface area contributed by atoms with Crippen molar-refractivity contribution in [3.05, 3.63) is 35.3 Å². The molecule has 1 aliphatic rings. The molecule has 2 rings (SSSR count). The lowest BCUT2D eigenvalue weighted by molar-refractivity contribution is -0.615. The number of aromatic nitrogens is 1. The molecule has 1 aromatic rings. The molecule has 3 heteroatoms. The Labute approximate surface area is 64.8 Å². The van der Waals surface area contributed by atoms with E-state index in [4.69, 9.17) is 4.74 Å². The molecule has 0 aromatic carbocycles. The van der Waals surface area contributed by atoms with Crippen molar-refractivity contribution in [1.82, 2.24) is 0 Å². The van der Waals surface area contributed by atoms with Gasteiger partial charge in [-0.1, -0.05) is 0 Å². The van der Waals surface area contributed by atoms with Crippen molar-refractivity contribution >= 4 is 0 Å². The minimum Gasteiger partial charge on any atom is -0.618 e. The van der Waals surface area contributed by atoms with Gasteiger partial charge < -0.3 is 9.94 Å². The van der Waals surface area contributed by atoms with Crippen LogP contribution in [0.4, 0.5) is 0 Å². The Kier molecular flexibility index (Phi) is 1.32. The highest BCUT2D eigenvalue weighted by Crippen LogP contribution is 2.35. The van der Waals surface area contributed by atoms with Gasteiger partial charge in [0.15, 0.2) is 12.3 Å². The summed E-state index contributed by atoms with van der Waals surface area (Å²) in [5.41, 5.74) is 0.708. The Morgan fingerprint density at radius 3 is 2.82 bits per heavy atom. The first-order chi connectivity index (χ1) is 5.29. The van der Waals surface area contributed by atoms with E-state index in [1.165, 1.54) is 6.20 Å². The van der Waals surface area contributed by atoms with Crippen LogP contribution in [0.15, 0.2) is 24.4 Å². The van der Waals surface area contributed by atoms with E-state index in [-0.39, 0.29) is 12.2 Å². The maximum Gasteiger partial charge on any atom is 0.224 e. The van der Waals surface area contributed by atoms with Gasteiger partial charge in [0.1, 0.15) is 0 Å². The van der Waals surface area contributed by atoms with Gasteiger partial charge in [0.2, 0.25) is 5.69 Å². The average Bonchev–Trinajstić information content (AvgIpc) is 2.68. The molecule has 3 nitrogen and oxygen atoms in total. The number of pyridine rings is 1. The highest BCUT2D eigenvalue weighted by molar-refractivity contribution is 5.07. The first kappa shape index (κ1) is 6.61. The summed E-state index contributed by atoms with van der Waals surface area (Å²) < 4.78 is 6.02. The lowest BCUT2D eigenvalue weighted by Crippen LogP contribution is -2.30. The number of nitrogens with zero attached hydrogens (tertiary/aromatic N) is 1. The van der Waals surface area contributed by atoms with Gasteiger partial charge in [-0.2, -0.15) is 4.73 Å².